The zero-order chi connectivity index (χ0) is 7.98. The molecule has 4 heteroatoms. The fourth-order valence-corrected chi connectivity index (χ4v) is 0.476. The summed E-state index contributed by atoms with van der Waals surface area (Å²) in [7, 11) is 0. The quantitative estimate of drug-likeness (QED) is 0.493. The Morgan fingerprint density at radius 2 is 2.30 bits per heavy atom. The van der Waals surface area contributed by atoms with E-state index in [1.807, 2.05) is 0 Å². The lowest BCUT2D eigenvalue weighted by Gasteiger charge is -1.95. The smallest absolute Gasteiger partial charge is 0.302 e. The summed E-state index contributed by atoms with van der Waals surface area (Å²) in [6.45, 7) is 1.53. The monoisotopic (exact) mass is 182 g/mol. The van der Waals surface area contributed by atoms with Crippen LogP contribution in [0, 0.1) is 0 Å². The van der Waals surface area contributed by atoms with Gasteiger partial charge in [0.25, 0.3) is 0 Å². The highest BCUT2D eigenvalue weighted by atomic mass is 35.5. The summed E-state index contributed by atoms with van der Waals surface area (Å²) < 4.78 is 4.56. The third-order valence-electron chi connectivity index (χ3n) is 0.719. The van der Waals surface area contributed by atoms with Gasteiger partial charge in [0.15, 0.2) is 0 Å². The van der Waals surface area contributed by atoms with E-state index in [9.17, 15) is 4.79 Å². The molecule has 0 fully saturated rings. The molecule has 0 N–H and O–H groups in total. The van der Waals surface area contributed by atoms with Crippen LogP contribution in [0.3, 0.4) is 0 Å². The second-order valence-corrected chi connectivity index (χ2v) is 2.34. The third kappa shape index (κ3) is 5.92. The van der Waals surface area contributed by atoms with Crippen molar-refractivity contribution < 1.29 is 9.53 Å². The summed E-state index contributed by atoms with van der Waals surface area (Å²) >= 11 is 10.8. The van der Waals surface area contributed by atoms with Crippen LogP contribution in [0.1, 0.15) is 6.92 Å². The number of allylic oxidation sites excluding steroid dienone is 1. The highest BCUT2D eigenvalue weighted by molar-refractivity contribution is 6.35. The molecule has 0 heterocycles. The highest BCUT2D eigenvalue weighted by Gasteiger charge is 1.90. The Morgan fingerprint density at radius 3 is 2.70 bits per heavy atom. The summed E-state index contributed by atoms with van der Waals surface area (Å²) in [6, 6.07) is 0. The molecule has 0 bridgehead atoms. The average molecular weight is 183 g/mol. The average Bonchev–Trinajstić information content (AvgIpc) is 1.87. The van der Waals surface area contributed by atoms with E-state index >= 15 is 0 Å². The Labute approximate surface area is 69.8 Å². The maximum absolute atomic E-state index is 10.2. The first kappa shape index (κ1) is 9.79. The van der Waals surface area contributed by atoms with Crippen LogP contribution in [0.15, 0.2) is 11.1 Å². The number of hydrogen-bond acceptors (Lipinski definition) is 2. The van der Waals surface area contributed by atoms with Crippen LogP contribution in [0.2, 0.25) is 0 Å². The van der Waals surface area contributed by atoms with Gasteiger partial charge < -0.3 is 4.74 Å². The Balaban J connectivity index is 3.43. The fraction of sp³-hybridized carbons (Fsp3) is 0.500. The maximum Gasteiger partial charge on any atom is 0.302 e. The van der Waals surface area contributed by atoms with E-state index in [0.717, 1.165) is 0 Å². The van der Waals surface area contributed by atoms with Gasteiger partial charge in [-0.3, -0.25) is 4.79 Å². The SMILES string of the molecule is CC(=O)OC/C=C(/Cl)CCl. The van der Waals surface area contributed by atoms with E-state index in [0.29, 0.717) is 5.03 Å². The van der Waals surface area contributed by atoms with Crippen LogP contribution in [-0.4, -0.2) is 18.5 Å². The molecule has 0 aliphatic heterocycles. The number of rotatable bonds is 3. The second-order valence-electron chi connectivity index (χ2n) is 1.59. The van der Waals surface area contributed by atoms with Gasteiger partial charge in [0, 0.05) is 12.0 Å². The van der Waals surface area contributed by atoms with Crippen molar-refractivity contribution >= 4 is 29.2 Å². The van der Waals surface area contributed by atoms with Gasteiger partial charge in [0.2, 0.25) is 0 Å². The number of halogens is 2. The van der Waals surface area contributed by atoms with Gasteiger partial charge in [-0.1, -0.05) is 11.6 Å². The number of carbonyl (C=O) groups excluding carboxylic acids is 1. The molecular formula is C6H8Cl2O2. The molecule has 10 heavy (non-hydrogen) atoms. The molecule has 0 aliphatic rings. The van der Waals surface area contributed by atoms with E-state index in [-0.39, 0.29) is 18.5 Å². The highest BCUT2D eigenvalue weighted by Crippen LogP contribution is 2.02. The molecule has 0 unspecified atom stereocenters. The van der Waals surface area contributed by atoms with Crippen LogP contribution in [0.4, 0.5) is 0 Å². The number of ether oxygens (including phenoxy) is 1. The molecule has 2 nitrogen and oxygen atoms in total. The van der Waals surface area contributed by atoms with Crippen molar-refractivity contribution in [3.63, 3.8) is 0 Å². The van der Waals surface area contributed by atoms with Gasteiger partial charge in [0.05, 0.1) is 5.88 Å². The largest absolute Gasteiger partial charge is 0.462 e. The Hall–Kier alpha value is -0.210. The van der Waals surface area contributed by atoms with E-state index < -0.39 is 0 Å². The normalized spacial score (nSPS) is 11.3. The molecule has 0 aromatic rings. The minimum atomic E-state index is -0.324. The molecule has 0 aromatic heterocycles. The van der Waals surface area contributed by atoms with Crippen LogP contribution in [0.25, 0.3) is 0 Å². The summed E-state index contributed by atoms with van der Waals surface area (Å²) in [5.74, 6) is -0.0710. The summed E-state index contributed by atoms with van der Waals surface area (Å²) in [5, 5.41) is 0.489. The predicted octanol–water partition coefficient (Wildman–Crippen LogP) is 1.91. The van der Waals surface area contributed by atoms with Crippen LogP contribution in [-0.2, 0) is 9.53 Å². The maximum atomic E-state index is 10.2. The van der Waals surface area contributed by atoms with Crippen molar-refractivity contribution in [1.29, 1.82) is 0 Å². The first-order chi connectivity index (χ1) is 4.66. The molecule has 0 radical (unpaired) electrons. The Bertz CT molecular complexity index is 143. The second kappa shape index (κ2) is 5.57. The number of esters is 1. The van der Waals surface area contributed by atoms with E-state index in [4.69, 9.17) is 23.2 Å². The zero-order valence-electron chi connectivity index (χ0n) is 5.56. The predicted molar refractivity (Wildman–Crippen MR) is 41.3 cm³/mol. The van der Waals surface area contributed by atoms with E-state index in [1.54, 1.807) is 6.08 Å². The van der Waals surface area contributed by atoms with Gasteiger partial charge >= 0.3 is 5.97 Å². The van der Waals surface area contributed by atoms with Crippen molar-refractivity contribution in [2.24, 2.45) is 0 Å². The molecule has 0 aromatic carbocycles. The topological polar surface area (TPSA) is 26.3 Å². The van der Waals surface area contributed by atoms with Crippen molar-refractivity contribution in [3.05, 3.63) is 11.1 Å². The summed E-state index contributed by atoms with van der Waals surface area (Å²) in [5.41, 5.74) is 0. The van der Waals surface area contributed by atoms with Crippen molar-refractivity contribution in [2.75, 3.05) is 12.5 Å². The number of alkyl halides is 1. The molecule has 58 valence electrons. The Morgan fingerprint density at radius 1 is 1.70 bits per heavy atom. The van der Waals surface area contributed by atoms with Gasteiger partial charge in [0.1, 0.15) is 6.61 Å². The number of hydrogen-bond donors (Lipinski definition) is 0. The van der Waals surface area contributed by atoms with Crippen molar-refractivity contribution in [2.45, 2.75) is 6.92 Å². The number of carbonyl (C=O) groups is 1. The lowest BCUT2D eigenvalue weighted by atomic mass is 10.5. The first-order valence-electron chi connectivity index (χ1n) is 2.70. The standard InChI is InChI=1S/C6H8Cl2O2/c1-5(9)10-3-2-6(8)4-7/h2H,3-4H2,1H3/b6-2+. The van der Waals surface area contributed by atoms with Crippen molar-refractivity contribution in [1.82, 2.24) is 0 Å². The summed E-state index contributed by atoms with van der Waals surface area (Å²) in [6.07, 6.45) is 1.55. The molecule has 0 atom stereocenters. The lowest BCUT2D eigenvalue weighted by molar-refractivity contribution is -0.139. The van der Waals surface area contributed by atoms with Crippen LogP contribution < -0.4 is 0 Å². The first-order valence-corrected chi connectivity index (χ1v) is 3.62. The molecule has 0 rings (SSSR count). The molecule has 0 saturated heterocycles. The third-order valence-corrected chi connectivity index (χ3v) is 1.43. The van der Waals surface area contributed by atoms with E-state index in [1.165, 1.54) is 6.92 Å². The van der Waals surface area contributed by atoms with Crippen molar-refractivity contribution in [3.8, 4) is 0 Å². The molecular weight excluding hydrogens is 175 g/mol. The van der Waals surface area contributed by atoms with E-state index in [2.05, 4.69) is 4.74 Å². The minimum absolute atomic E-state index is 0.195. The molecule has 0 spiro atoms. The van der Waals surface area contributed by atoms with Gasteiger partial charge in [-0.15, -0.1) is 11.6 Å². The Kier molecular flexibility index (Phi) is 5.45. The fourth-order valence-electron chi connectivity index (χ4n) is 0.304. The van der Waals surface area contributed by atoms with Crippen LogP contribution >= 0.6 is 23.2 Å². The molecule has 0 aliphatic carbocycles. The lowest BCUT2D eigenvalue weighted by Crippen LogP contribution is -1.98. The minimum Gasteiger partial charge on any atom is -0.462 e. The molecule has 0 amide bonds. The van der Waals surface area contributed by atoms with Gasteiger partial charge in [-0.05, 0) is 6.08 Å². The zero-order valence-corrected chi connectivity index (χ0v) is 7.08. The van der Waals surface area contributed by atoms with Gasteiger partial charge in [-0.2, -0.15) is 0 Å². The molecule has 0 saturated carbocycles. The van der Waals surface area contributed by atoms with Crippen LogP contribution in [0.5, 0.6) is 0 Å². The van der Waals surface area contributed by atoms with Gasteiger partial charge in [-0.25, -0.2) is 0 Å². The summed E-state index contributed by atoms with van der Waals surface area (Å²) in [4.78, 5) is 10.2.